The SMILES string of the molecule is Cc1ccccc1-n1c(=O)c2ccccc2n2c(CN3CCCC3)nnc12. The van der Waals surface area contributed by atoms with Gasteiger partial charge in [-0.05, 0) is 56.6 Å². The number of rotatable bonds is 3. The van der Waals surface area contributed by atoms with Crippen LogP contribution in [0.1, 0.15) is 24.2 Å². The van der Waals surface area contributed by atoms with Crippen molar-refractivity contribution < 1.29 is 0 Å². The Bertz CT molecular complexity index is 1200. The van der Waals surface area contributed by atoms with Crippen molar-refractivity contribution in [2.75, 3.05) is 13.1 Å². The second-order valence-electron chi connectivity index (χ2n) is 7.18. The molecule has 0 unspecified atom stereocenters. The summed E-state index contributed by atoms with van der Waals surface area (Å²) < 4.78 is 3.74. The third kappa shape index (κ3) is 2.56. The Kier molecular flexibility index (Phi) is 3.79. The first kappa shape index (κ1) is 16.2. The van der Waals surface area contributed by atoms with Crippen molar-refractivity contribution in [1.82, 2.24) is 24.1 Å². The molecule has 5 rings (SSSR count). The van der Waals surface area contributed by atoms with Crippen LogP contribution < -0.4 is 5.56 Å². The van der Waals surface area contributed by atoms with Crippen LogP contribution in [-0.2, 0) is 6.54 Å². The topological polar surface area (TPSA) is 55.4 Å². The van der Waals surface area contributed by atoms with Gasteiger partial charge in [0.05, 0.1) is 23.1 Å². The summed E-state index contributed by atoms with van der Waals surface area (Å²) in [4.78, 5) is 15.7. The van der Waals surface area contributed by atoms with Gasteiger partial charge < -0.3 is 0 Å². The number of aromatic nitrogens is 4. The highest BCUT2D eigenvalue weighted by Crippen LogP contribution is 2.21. The maximum atomic E-state index is 13.3. The molecule has 3 heterocycles. The quantitative estimate of drug-likeness (QED) is 0.564. The number of aryl methyl sites for hydroxylation is 1. The second kappa shape index (κ2) is 6.32. The van der Waals surface area contributed by atoms with Crippen molar-refractivity contribution in [3.8, 4) is 5.69 Å². The first-order chi connectivity index (χ1) is 13.2. The molecule has 6 heteroatoms. The molecule has 1 aliphatic heterocycles. The van der Waals surface area contributed by atoms with E-state index in [1.165, 1.54) is 12.8 Å². The normalized spacial score (nSPS) is 15.1. The van der Waals surface area contributed by atoms with Crippen LogP contribution >= 0.6 is 0 Å². The van der Waals surface area contributed by atoms with Crippen LogP contribution in [0.15, 0.2) is 53.3 Å². The third-order valence-electron chi connectivity index (χ3n) is 5.41. The van der Waals surface area contributed by atoms with Gasteiger partial charge >= 0.3 is 0 Å². The van der Waals surface area contributed by atoms with E-state index in [2.05, 4.69) is 15.1 Å². The van der Waals surface area contributed by atoms with E-state index in [0.29, 0.717) is 11.2 Å². The summed E-state index contributed by atoms with van der Waals surface area (Å²) in [6, 6.07) is 15.6. The van der Waals surface area contributed by atoms with Gasteiger partial charge in [-0.2, -0.15) is 0 Å². The standard InChI is InChI=1S/C21H21N5O/c1-15-8-2-4-10-17(15)26-20(27)16-9-3-5-11-18(16)25-19(22-23-21(25)26)14-24-12-6-7-13-24/h2-5,8-11H,6-7,12-14H2,1H3. The van der Waals surface area contributed by atoms with Gasteiger partial charge in [0.25, 0.3) is 5.56 Å². The molecular formula is C21H21N5O. The van der Waals surface area contributed by atoms with Crippen molar-refractivity contribution in [3.63, 3.8) is 0 Å². The van der Waals surface area contributed by atoms with E-state index in [4.69, 9.17) is 0 Å². The van der Waals surface area contributed by atoms with E-state index in [1.807, 2.05) is 59.9 Å². The molecule has 1 saturated heterocycles. The molecule has 0 bridgehead atoms. The molecule has 0 saturated carbocycles. The number of hydrogen-bond acceptors (Lipinski definition) is 4. The minimum atomic E-state index is -0.0625. The van der Waals surface area contributed by atoms with Gasteiger partial charge in [-0.25, -0.2) is 4.57 Å². The summed E-state index contributed by atoms with van der Waals surface area (Å²) >= 11 is 0. The smallest absolute Gasteiger partial charge is 0.267 e. The van der Waals surface area contributed by atoms with Crippen LogP contribution in [0.5, 0.6) is 0 Å². The molecule has 2 aromatic heterocycles. The van der Waals surface area contributed by atoms with Crippen LogP contribution in [0.3, 0.4) is 0 Å². The van der Waals surface area contributed by atoms with Crippen LogP contribution in [-0.4, -0.2) is 37.2 Å². The Morgan fingerprint density at radius 3 is 2.52 bits per heavy atom. The Morgan fingerprint density at radius 2 is 1.70 bits per heavy atom. The second-order valence-corrected chi connectivity index (χ2v) is 7.18. The van der Waals surface area contributed by atoms with Crippen molar-refractivity contribution in [3.05, 3.63) is 70.3 Å². The lowest BCUT2D eigenvalue weighted by Crippen LogP contribution is -2.24. The fourth-order valence-electron chi connectivity index (χ4n) is 4.03. The van der Waals surface area contributed by atoms with Gasteiger partial charge in [-0.1, -0.05) is 30.3 Å². The molecule has 1 aliphatic rings. The molecule has 6 nitrogen and oxygen atoms in total. The number of benzene rings is 2. The van der Waals surface area contributed by atoms with E-state index < -0.39 is 0 Å². The Morgan fingerprint density at radius 1 is 0.963 bits per heavy atom. The van der Waals surface area contributed by atoms with Crippen LogP contribution in [0, 0.1) is 6.92 Å². The first-order valence-corrected chi connectivity index (χ1v) is 9.40. The molecule has 27 heavy (non-hydrogen) atoms. The van der Waals surface area contributed by atoms with Gasteiger partial charge in [0, 0.05) is 0 Å². The highest BCUT2D eigenvalue weighted by Gasteiger charge is 2.20. The lowest BCUT2D eigenvalue weighted by atomic mass is 10.2. The number of para-hydroxylation sites is 2. The Balaban J connectivity index is 1.84. The molecule has 0 radical (unpaired) electrons. The molecule has 4 aromatic rings. The van der Waals surface area contributed by atoms with E-state index in [1.54, 1.807) is 4.57 Å². The molecule has 0 amide bonds. The Labute approximate surface area is 156 Å². The van der Waals surface area contributed by atoms with Crippen molar-refractivity contribution in [2.45, 2.75) is 26.3 Å². The number of nitrogens with zero attached hydrogens (tertiary/aromatic N) is 5. The van der Waals surface area contributed by atoms with E-state index >= 15 is 0 Å². The molecule has 0 atom stereocenters. The molecule has 1 fully saturated rings. The lowest BCUT2D eigenvalue weighted by molar-refractivity contribution is 0.321. The average Bonchev–Trinajstić information content (AvgIpc) is 3.34. The highest BCUT2D eigenvalue weighted by molar-refractivity contribution is 5.81. The summed E-state index contributed by atoms with van der Waals surface area (Å²) in [6.45, 7) is 4.93. The first-order valence-electron chi connectivity index (χ1n) is 9.40. The number of hydrogen-bond donors (Lipinski definition) is 0. The van der Waals surface area contributed by atoms with Gasteiger partial charge in [-0.3, -0.25) is 14.1 Å². The predicted octanol–water partition coefficient (Wildman–Crippen LogP) is 2.94. The fraction of sp³-hybridized carbons (Fsp3) is 0.286. The average molecular weight is 359 g/mol. The molecule has 0 aliphatic carbocycles. The zero-order valence-electron chi connectivity index (χ0n) is 15.3. The van der Waals surface area contributed by atoms with Crippen molar-refractivity contribution in [1.29, 1.82) is 0 Å². The zero-order chi connectivity index (χ0) is 18.4. The Hall–Kier alpha value is -2.99. The maximum absolute atomic E-state index is 13.3. The highest BCUT2D eigenvalue weighted by atomic mass is 16.1. The van der Waals surface area contributed by atoms with Gasteiger partial charge in [0.15, 0.2) is 5.82 Å². The summed E-state index contributed by atoms with van der Waals surface area (Å²) in [5.74, 6) is 1.45. The number of fused-ring (bicyclic) bond motifs is 3. The maximum Gasteiger partial charge on any atom is 0.267 e. The molecule has 0 spiro atoms. The molecular weight excluding hydrogens is 338 g/mol. The van der Waals surface area contributed by atoms with E-state index in [0.717, 1.165) is 42.2 Å². The number of likely N-dealkylation sites (tertiary alicyclic amines) is 1. The minimum Gasteiger partial charge on any atom is -0.296 e. The summed E-state index contributed by atoms with van der Waals surface area (Å²) in [5, 5.41) is 9.59. The summed E-state index contributed by atoms with van der Waals surface area (Å²) in [5.41, 5.74) is 2.67. The molecule has 2 aromatic carbocycles. The van der Waals surface area contributed by atoms with E-state index in [9.17, 15) is 4.79 Å². The predicted molar refractivity (Wildman–Crippen MR) is 105 cm³/mol. The van der Waals surface area contributed by atoms with Crippen molar-refractivity contribution >= 4 is 16.7 Å². The zero-order valence-corrected chi connectivity index (χ0v) is 15.3. The minimum absolute atomic E-state index is 0.0625. The molecule has 0 N–H and O–H groups in total. The van der Waals surface area contributed by atoms with Gasteiger partial charge in [0.1, 0.15) is 0 Å². The summed E-state index contributed by atoms with van der Waals surface area (Å²) in [6.07, 6.45) is 2.46. The third-order valence-corrected chi connectivity index (χ3v) is 5.41. The summed E-state index contributed by atoms with van der Waals surface area (Å²) in [7, 11) is 0. The van der Waals surface area contributed by atoms with Crippen LogP contribution in [0.2, 0.25) is 0 Å². The van der Waals surface area contributed by atoms with Crippen LogP contribution in [0.4, 0.5) is 0 Å². The van der Waals surface area contributed by atoms with Crippen molar-refractivity contribution in [2.24, 2.45) is 0 Å². The van der Waals surface area contributed by atoms with Gasteiger partial charge in [0.2, 0.25) is 5.78 Å². The van der Waals surface area contributed by atoms with E-state index in [-0.39, 0.29) is 5.56 Å². The molecule has 136 valence electrons. The monoisotopic (exact) mass is 359 g/mol. The van der Waals surface area contributed by atoms with Gasteiger partial charge in [-0.15, -0.1) is 10.2 Å². The van der Waals surface area contributed by atoms with Crippen LogP contribution in [0.25, 0.3) is 22.4 Å². The fourth-order valence-corrected chi connectivity index (χ4v) is 4.03. The largest absolute Gasteiger partial charge is 0.296 e. The lowest BCUT2D eigenvalue weighted by Gasteiger charge is -2.15.